The molecule has 1 aromatic heterocycles. The van der Waals surface area contributed by atoms with Crippen LogP contribution in [-0.2, 0) is 14.4 Å². The number of aromatic nitrogens is 1. The Morgan fingerprint density at radius 2 is 1.94 bits per heavy atom. The van der Waals surface area contributed by atoms with Gasteiger partial charge in [-0.25, -0.2) is 0 Å². The number of ketones is 1. The van der Waals surface area contributed by atoms with E-state index in [0.717, 1.165) is 10.9 Å². The minimum atomic E-state index is -1.03. The molecule has 1 fully saturated rings. The van der Waals surface area contributed by atoms with Gasteiger partial charge in [0.15, 0.2) is 5.78 Å². The van der Waals surface area contributed by atoms with Crippen molar-refractivity contribution >= 4 is 34.4 Å². The Labute approximate surface area is 204 Å². The van der Waals surface area contributed by atoms with Crippen molar-refractivity contribution in [3.05, 3.63) is 30.0 Å². The summed E-state index contributed by atoms with van der Waals surface area (Å²) < 4.78 is 5.35. The van der Waals surface area contributed by atoms with Crippen LogP contribution in [0.3, 0.4) is 0 Å². The second kappa shape index (κ2) is 10.9. The van der Waals surface area contributed by atoms with Crippen LogP contribution in [0, 0.1) is 11.3 Å². The lowest BCUT2D eigenvalue weighted by molar-refractivity contribution is -0.131. The molecule has 10 nitrogen and oxygen atoms in total. The quantitative estimate of drug-likeness (QED) is 0.342. The lowest BCUT2D eigenvalue weighted by Gasteiger charge is -2.28. The van der Waals surface area contributed by atoms with E-state index in [4.69, 9.17) is 4.74 Å². The van der Waals surface area contributed by atoms with E-state index >= 15 is 0 Å². The van der Waals surface area contributed by atoms with Crippen molar-refractivity contribution in [3.63, 3.8) is 0 Å². The maximum absolute atomic E-state index is 13.3. The molecule has 1 aliphatic rings. The fraction of sp³-hybridized carbons (Fsp3) is 0.520. The molecule has 0 radical (unpaired) electrons. The van der Waals surface area contributed by atoms with Crippen molar-refractivity contribution in [3.8, 4) is 5.75 Å². The minimum absolute atomic E-state index is 0.0922. The van der Waals surface area contributed by atoms with Crippen LogP contribution in [0.5, 0.6) is 5.75 Å². The van der Waals surface area contributed by atoms with Gasteiger partial charge in [0.25, 0.3) is 5.91 Å². The fourth-order valence-corrected chi connectivity index (χ4v) is 4.29. The average Bonchev–Trinajstić information content (AvgIpc) is 3.42. The zero-order valence-corrected chi connectivity index (χ0v) is 20.6. The van der Waals surface area contributed by atoms with Gasteiger partial charge < -0.3 is 30.8 Å². The van der Waals surface area contributed by atoms with E-state index in [9.17, 15) is 24.3 Å². The third kappa shape index (κ3) is 6.60. The van der Waals surface area contributed by atoms with Crippen molar-refractivity contribution in [2.75, 3.05) is 20.3 Å². The van der Waals surface area contributed by atoms with Gasteiger partial charge in [-0.05, 0) is 42.9 Å². The van der Waals surface area contributed by atoms with Crippen molar-refractivity contribution in [1.82, 2.24) is 20.9 Å². The maximum Gasteiger partial charge on any atom is 0.268 e. The number of carbonyl (C=O) groups is 4. The Bertz CT molecular complexity index is 1100. The number of fused-ring (bicyclic) bond motifs is 1. The molecule has 0 bridgehead atoms. The number of H-pyrrole nitrogens is 1. The number of Topliss-reactive ketones (excluding diaryl/α,β-unsaturated/α-hetero) is 1. The van der Waals surface area contributed by atoms with Crippen molar-refractivity contribution in [1.29, 1.82) is 0 Å². The standard InChI is InChI=1S/C25H34N4O6/c1-25(2,3)12-19(24(34)28-17(20(31)13-30)10-14-8-9-26-22(14)32)29-23(33)18-11-15-16(27-18)6-5-7-21(15)35-4/h5-7,11,14,17,19,27,30H,8-10,12-13H2,1-4H3,(H,26,32)(H,28,34)(H,29,33)/t14-,17-,19-/m0/s1. The molecule has 0 spiro atoms. The van der Waals surface area contributed by atoms with E-state index in [2.05, 4.69) is 20.9 Å². The van der Waals surface area contributed by atoms with Crippen LogP contribution in [0.25, 0.3) is 10.9 Å². The summed E-state index contributed by atoms with van der Waals surface area (Å²) in [7, 11) is 1.55. The second-order valence-corrected chi connectivity index (χ2v) is 10.1. The average molecular weight is 487 g/mol. The Morgan fingerprint density at radius 1 is 1.20 bits per heavy atom. The maximum atomic E-state index is 13.3. The number of nitrogens with one attached hydrogen (secondary N) is 4. The molecule has 3 rings (SSSR count). The Hall–Kier alpha value is -3.40. The van der Waals surface area contributed by atoms with Crippen LogP contribution in [0.2, 0.25) is 0 Å². The molecule has 10 heteroatoms. The molecule has 3 atom stereocenters. The van der Waals surface area contributed by atoms with E-state index in [1.807, 2.05) is 26.8 Å². The first-order valence-electron chi connectivity index (χ1n) is 11.7. The molecule has 190 valence electrons. The third-order valence-corrected chi connectivity index (χ3v) is 6.07. The summed E-state index contributed by atoms with van der Waals surface area (Å²) in [6.07, 6.45) is 0.947. The molecule has 0 aliphatic carbocycles. The Balaban J connectivity index is 1.79. The number of carbonyl (C=O) groups excluding carboxylic acids is 4. The zero-order chi connectivity index (χ0) is 25.8. The highest BCUT2D eigenvalue weighted by Crippen LogP contribution is 2.26. The van der Waals surface area contributed by atoms with Crippen LogP contribution in [0.15, 0.2) is 24.3 Å². The van der Waals surface area contributed by atoms with E-state index in [1.54, 1.807) is 25.3 Å². The normalized spacial score (nSPS) is 17.5. The van der Waals surface area contributed by atoms with E-state index in [-0.39, 0.29) is 23.4 Å². The number of ether oxygens (including phenoxy) is 1. The molecular formula is C25H34N4O6. The van der Waals surface area contributed by atoms with Crippen LogP contribution >= 0.6 is 0 Å². The zero-order valence-electron chi connectivity index (χ0n) is 20.6. The first-order valence-corrected chi connectivity index (χ1v) is 11.7. The summed E-state index contributed by atoms with van der Waals surface area (Å²) in [5, 5.41) is 18.3. The van der Waals surface area contributed by atoms with Gasteiger partial charge in [0, 0.05) is 23.4 Å². The van der Waals surface area contributed by atoms with Crippen molar-refractivity contribution < 1.29 is 29.0 Å². The molecule has 2 heterocycles. The van der Waals surface area contributed by atoms with Gasteiger partial charge in [-0.1, -0.05) is 26.8 Å². The molecule has 0 unspecified atom stereocenters. The topological polar surface area (TPSA) is 150 Å². The van der Waals surface area contributed by atoms with E-state index in [0.29, 0.717) is 25.1 Å². The summed E-state index contributed by atoms with van der Waals surface area (Å²) in [5.41, 5.74) is 0.664. The summed E-state index contributed by atoms with van der Waals surface area (Å²) in [5.74, 6) is -1.60. The summed E-state index contributed by atoms with van der Waals surface area (Å²) >= 11 is 0. The first kappa shape index (κ1) is 26.2. The molecule has 1 aliphatic heterocycles. The molecule has 3 amide bonds. The number of amides is 3. The number of aliphatic hydroxyl groups excluding tert-OH is 1. The fourth-order valence-electron chi connectivity index (χ4n) is 4.29. The Morgan fingerprint density at radius 3 is 2.54 bits per heavy atom. The van der Waals surface area contributed by atoms with Crippen LogP contribution in [0.4, 0.5) is 0 Å². The predicted octanol–water partition coefficient (Wildman–Crippen LogP) is 1.28. The molecule has 1 saturated heterocycles. The number of aromatic amines is 1. The number of aliphatic hydroxyl groups is 1. The van der Waals surface area contributed by atoms with Crippen LogP contribution < -0.4 is 20.7 Å². The van der Waals surface area contributed by atoms with Crippen LogP contribution in [0.1, 0.15) is 50.5 Å². The van der Waals surface area contributed by atoms with Gasteiger partial charge in [-0.15, -0.1) is 0 Å². The second-order valence-electron chi connectivity index (χ2n) is 10.1. The first-order chi connectivity index (χ1) is 16.5. The highest BCUT2D eigenvalue weighted by atomic mass is 16.5. The van der Waals surface area contributed by atoms with E-state index in [1.165, 1.54) is 0 Å². The monoisotopic (exact) mass is 486 g/mol. The van der Waals surface area contributed by atoms with Gasteiger partial charge in [-0.3, -0.25) is 19.2 Å². The van der Waals surface area contributed by atoms with Gasteiger partial charge in [-0.2, -0.15) is 0 Å². The molecule has 35 heavy (non-hydrogen) atoms. The van der Waals surface area contributed by atoms with Crippen LogP contribution in [-0.4, -0.2) is 65.9 Å². The SMILES string of the molecule is COc1cccc2[nH]c(C(=O)N[C@@H](CC(C)(C)C)C(=O)N[C@@H](C[C@@H]3CCNC3=O)C(=O)CO)cc12. The molecule has 1 aromatic carbocycles. The minimum Gasteiger partial charge on any atom is -0.496 e. The summed E-state index contributed by atoms with van der Waals surface area (Å²) in [4.78, 5) is 53.7. The molecule has 0 saturated carbocycles. The predicted molar refractivity (Wildman–Crippen MR) is 130 cm³/mol. The number of rotatable bonds is 10. The van der Waals surface area contributed by atoms with E-state index < -0.39 is 42.2 Å². The highest BCUT2D eigenvalue weighted by molar-refractivity contribution is 6.02. The number of benzene rings is 1. The molecule has 5 N–H and O–H groups in total. The van der Waals surface area contributed by atoms with Gasteiger partial charge in [0.05, 0.1) is 13.2 Å². The number of hydrogen-bond acceptors (Lipinski definition) is 6. The van der Waals surface area contributed by atoms with Gasteiger partial charge in [0.2, 0.25) is 11.8 Å². The molecular weight excluding hydrogens is 452 g/mol. The van der Waals surface area contributed by atoms with Gasteiger partial charge >= 0.3 is 0 Å². The lowest BCUT2D eigenvalue weighted by Crippen LogP contribution is -2.53. The Kier molecular flexibility index (Phi) is 8.16. The largest absolute Gasteiger partial charge is 0.496 e. The third-order valence-electron chi connectivity index (χ3n) is 6.07. The number of methoxy groups -OCH3 is 1. The van der Waals surface area contributed by atoms with Crippen molar-refractivity contribution in [2.24, 2.45) is 11.3 Å². The highest BCUT2D eigenvalue weighted by Gasteiger charge is 2.34. The smallest absolute Gasteiger partial charge is 0.268 e. The summed E-state index contributed by atoms with van der Waals surface area (Å²) in [6.45, 7) is 5.56. The number of hydrogen-bond donors (Lipinski definition) is 5. The van der Waals surface area contributed by atoms with Gasteiger partial charge in [0.1, 0.15) is 24.1 Å². The lowest BCUT2D eigenvalue weighted by atomic mass is 9.87. The summed E-state index contributed by atoms with van der Waals surface area (Å²) in [6, 6.07) is 5.10. The van der Waals surface area contributed by atoms with Crippen molar-refractivity contribution in [2.45, 2.75) is 52.1 Å². The molecule has 2 aromatic rings.